The highest BCUT2D eigenvalue weighted by Crippen LogP contribution is 2.19. The number of anilines is 1. The van der Waals surface area contributed by atoms with Gasteiger partial charge in [-0.05, 0) is 42.3 Å². The number of carbonyl (C=O) groups is 1. The van der Waals surface area contributed by atoms with Crippen LogP contribution in [-0.4, -0.2) is 10.9 Å². The van der Waals surface area contributed by atoms with E-state index in [2.05, 4.69) is 32.3 Å². The third-order valence-corrected chi connectivity index (χ3v) is 3.95. The van der Waals surface area contributed by atoms with E-state index in [9.17, 15) is 4.79 Å². The Morgan fingerprint density at radius 2 is 1.86 bits per heavy atom. The number of fused-ring (bicyclic) bond motifs is 1. The maximum absolute atomic E-state index is 12.0. The van der Waals surface area contributed by atoms with Crippen molar-refractivity contribution in [3.05, 3.63) is 64.8 Å². The van der Waals surface area contributed by atoms with Crippen LogP contribution in [-0.2, 0) is 11.2 Å². The Bertz CT molecular complexity index is 762. The number of aromatic nitrogens is 1. The molecule has 4 heteroatoms. The van der Waals surface area contributed by atoms with E-state index in [1.165, 1.54) is 10.9 Å². The van der Waals surface area contributed by atoms with E-state index >= 15 is 0 Å². The van der Waals surface area contributed by atoms with Gasteiger partial charge >= 0.3 is 0 Å². The molecule has 0 spiro atoms. The van der Waals surface area contributed by atoms with Gasteiger partial charge in [-0.3, -0.25) is 4.79 Å². The molecular weight excluding hydrogens is 328 g/mol. The summed E-state index contributed by atoms with van der Waals surface area (Å²) in [7, 11) is 0. The van der Waals surface area contributed by atoms with Crippen molar-refractivity contribution in [2.45, 2.75) is 12.8 Å². The number of carbonyl (C=O) groups excluding carboxylic acids is 1. The van der Waals surface area contributed by atoms with Crippen molar-refractivity contribution < 1.29 is 4.79 Å². The van der Waals surface area contributed by atoms with Crippen LogP contribution in [0.3, 0.4) is 0 Å². The van der Waals surface area contributed by atoms with Crippen LogP contribution in [0.25, 0.3) is 10.9 Å². The molecule has 0 aliphatic carbocycles. The molecule has 0 bridgehead atoms. The number of benzene rings is 2. The first-order valence-electron chi connectivity index (χ1n) is 6.83. The fourth-order valence-corrected chi connectivity index (χ4v) is 2.61. The van der Waals surface area contributed by atoms with Crippen LogP contribution in [0.15, 0.2) is 59.2 Å². The van der Waals surface area contributed by atoms with Gasteiger partial charge in [0.1, 0.15) is 0 Å². The quantitative estimate of drug-likeness (QED) is 0.720. The number of nitrogens with one attached hydrogen (secondary N) is 2. The average molecular weight is 343 g/mol. The zero-order valence-electron chi connectivity index (χ0n) is 11.4. The maximum Gasteiger partial charge on any atom is 0.224 e. The molecule has 0 aliphatic rings. The molecule has 0 saturated heterocycles. The van der Waals surface area contributed by atoms with Gasteiger partial charge in [0.15, 0.2) is 0 Å². The Morgan fingerprint density at radius 3 is 2.67 bits per heavy atom. The third-order valence-electron chi connectivity index (χ3n) is 3.42. The lowest BCUT2D eigenvalue weighted by atomic mass is 10.1. The number of aromatic amines is 1. The lowest BCUT2D eigenvalue weighted by Gasteiger charge is -2.05. The molecular formula is C17H15BrN2O. The van der Waals surface area contributed by atoms with Crippen LogP contribution in [0.2, 0.25) is 0 Å². The molecule has 3 aromatic rings. The monoisotopic (exact) mass is 342 g/mol. The number of hydrogen-bond donors (Lipinski definition) is 2. The lowest BCUT2D eigenvalue weighted by molar-refractivity contribution is -0.116. The van der Waals surface area contributed by atoms with Crippen LogP contribution >= 0.6 is 15.9 Å². The van der Waals surface area contributed by atoms with Crippen LogP contribution in [0.5, 0.6) is 0 Å². The van der Waals surface area contributed by atoms with Crippen molar-refractivity contribution in [1.29, 1.82) is 0 Å². The zero-order valence-corrected chi connectivity index (χ0v) is 13.0. The van der Waals surface area contributed by atoms with Crippen molar-refractivity contribution in [2.75, 3.05) is 5.32 Å². The molecule has 0 atom stereocenters. The van der Waals surface area contributed by atoms with Crippen molar-refractivity contribution in [2.24, 2.45) is 0 Å². The largest absolute Gasteiger partial charge is 0.361 e. The van der Waals surface area contributed by atoms with Crippen LogP contribution in [0.1, 0.15) is 12.0 Å². The van der Waals surface area contributed by atoms with Crippen LogP contribution < -0.4 is 5.32 Å². The Hall–Kier alpha value is -2.07. The Balaban J connectivity index is 1.62. The summed E-state index contributed by atoms with van der Waals surface area (Å²) in [5, 5.41) is 4.10. The van der Waals surface area contributed by atoms with Gasteiger partial charge < -0.3 is 10.3 Å². The zero-order chi connectivity index (χ0) is 14.7. The van der Waals surface area contributed by atoms with Crippen molar-refractivity contribution in [1.82, 2.24) is 4.98 Å². The standard InChI is InChI=1S/C17H15BrN2O/c18-13-6-8-14(9-7-13)20-17(21)10-5-12-11-19-16-4-2-1-3-15(12)16/h1-4,6-9,11,19H,5,10H2,(H,20,21). The molecule has 106 valence electrons. The second-order valence-corrected chi connectivity index (χ2v) is 5.83. The highest BCUT2D eigenvalue weighted by atomic mass is 79.9. The topological polar surface area (TPSA) is 44.9 Å². The molecule has 1 amide bonds. The molecule has 1 heterocycles. The highest BCUT2D eigenvalue weighted by Gasteiger charge is 2.07. The van der Waals surface area contributed by atoms with Gasteiger partial charge in [-0.25, -0.2) is 0 Å². The summed E-state index contributed by atoms with van der Waals surface area (Å²) in [6.45, 7) is 0. The molecule has 0 fully saturated rings. The van der Waals surface area contributed by atoms with Gasteiger partial charge in [0.25, 0.3) is 0 Å². The molecule has 3 rings (SSSR count). The number of hydrogen-bond acceptors (Lipinski definition) is 1. The number of H-pyrrole nitrogens is 1. The molecule has 0 unspecified atom stereocenters. The van der Waals surface area contributed by atoms with E-state index in [-0.39, 0.29) is 5.91 Å². The fourth-order valence-electron chi connectivity index (χ4n) is 2.34. The third kappa shape index (κ3) is 3.34. The average Bonchev–Trinajstić information content (AvgIpc) is 2.91. The summed E-state index contributed by atoms with van der Waals surface area (Å²) in [5.74, 6) is 0.0302. The molecule has 21 heavy (non-hydrogen) atoms. The molecule has 1 aromatic heterocycles. The van der Waals surface area contributed by atoms with Gasteiger partial charge in [-0.2, -0.15) is 0 Å². The first kappa shape index (κ1) is 13.9. The summed E-state index contributed by atoms with van der Waals surface area (Å²) in [5.41, 5.74) is 3.11. The number of halogens is 1. The second kappa shape index (κ2) is 6.14. The van der Waals surface area contributed by atoms with E-state index in [1.54, 1.807) is 0 Å². The summed E-state index contributed by atoms with van der Waals surface area (Å²) < 4.78 is 0.999. The smallest absolute Gasteiger partial charge is 0.224 e. The Labute approximate surface area is 131 Å². The first-order valence-corrected chi connectivity index (χ1v) is 7.62. The number of aryl methyl sites for hydroxylation is 1. The number of rotatable bonds is 4. The summed E-state index contributed by atoms with van der Waals surface area (Å²) >= 11 is 3.38. The minimum Gasteiger partial charge on any atom is -0.361 e. The molecule has 2 aromatic carbocycles. The van der Waals surface area contributed by atoms with Gasteiger partial charge in [-0.15, -0.1) is 0 Å². The second-order valence-electron chi connectivity index (χ2n) is 4.91. The normalized spacial score (nSPS) is 10.7. The molecule has 0 saturated carbocycles. The van der Waals surface area contributed by atoms with E-state index in [4.69, 9.17) is 0 Å². The van der Waals surface area contributed by atoms with E-state index in [1.807, 2.05) is 48.7 Å². The summed E-state index contributed by atoms with van der Waals surface area (Å²) in [6.07, 6.45) is 3.18. The van der Waals surface area contributed by atoms with Gasteiger partial charge in [0, 0.05) is 33.7 Å². The fraction of sp³-hybridized carbons (Fsp3) is 0.118. The van der Waals surface area contributed by atoms with Crippen molar-refractivity contribution >= 4 is 38.4 Å². The van der Waals surface area contributed by atoms with Crippen LogP contribution in [0, 0.1) is 0 Å². The summed E-state index contributed by atoms with van der Waals surface area (Å²) in [4.78, 5) is 15.2. The lowest BCUT2D eigenvalue weighted by Crippen LogP contribution is -2.12. The van der Waals surface area contributed by atoms with E-state index in [0.29, 0.717) is 6.42 Å². The van der Waals surface area contributed by atoms with E-state index in [0.717, 1.165) is 22.1 Å². The molecule has 3 nitrogen and oxygen atoms in total. The Morgan fingerprint density at radius 1 is 1.10 bits per heavy atom. The van der Waals surface area contributed by atoms with Gasteiger partial charge in [0.2, 0.25) is 5.91 Å². The minimum atomic E-state index is 0.0302. The molecule has 0 aliphatic heterocycles. The molecule has 0 radical (unpaired) electrons. The van der Waals surface area contributed by atoms with E-state index < -0.39 is 0 Å². The van der Waals surface area contributed by atoms with Gasteiger partial charge in [-0.1, -0.05) is 34.1 Å². The predicted molar refractivity (Wildman–Crippen MR) is 89.4 cm³/mol. The predicted octanol–water partition coefficient (Wildman–Crippen LogP) is 4.50. The summed E-state index contributed by atoms with van der Waals surface area (Å²) in [6, 6.07) is 15.7. The highest BCUT2D eigenvalue weighted by molar-refractivity contribution is 9.10. The SMILES string of the molecule is O=C(CCc1c[nH]c2ccccc12)Nc1ccc(Br)cc1. The van der Waals surface area contributed by atoms with Crippen molar-refractivity contribution in [3.8, 4) is 0 Å². The molecule has 2 N–H and O–H groups in total. The number of amides is 1. The van der Waals surface area contributed by atoms with Crippen molar-refractivity contribution in [3.63, 3.8) is 0 Å². The maximum atomic E-state index is 12.0. The van der Waals surface area contributed by atoms with Gasteiger partial charge in [0.05, 0.1) is 0 Å². The Kier molecular flexibility index (Phi) is 4.06. The van der Waals surface area contributed by atoms with Crippen LogP contribution in [0.4, 0.5) is 5.69 Å². The first-order chi connectivity index (χ1) is 10.2. The number of para-hydroxylation sites is 1. The minimum absolute atomic E-state index is 0.0302.